The lowest BCUT2D eigenvalue weighted by Crippen LogP contribution is -2.50. The summed E-state index contributed by atoms with van der Waals surface area (Å²) in [4.78, 5) is 17.3. The zero-order valence-electron chi connectivity index (χ0n) is 9.38. The minimum atomic E-state index is -0.710. The third kappa shape index (κ3) is 1.67. The van der Waals surface area contributed by atoms with Crippen molar-refractivity contribution in [2.24, 2.45) is 5.92 Å². The van der Waals surface area contributed by atoms with E-state index in [2.05, 4.69) is 18.0 Å². The highest BCUT2D eigenvalue weighted by Gasteiger charge is 2.34. The lowest BCUT2D eigenvalue weighted by Gasteiger charge is -2.36. The van der Waals surface area contributed by atoms with E-state index in [1.54, 1.807) is 11.3 Å². The normalized spacial score (nSPS) is 16.2. The van der Waals surface area contributed by atoms with Crippen LogP contribution in [0, 0.1) is 12.8 Å². The summed E-state index contributed by atoms with van der Waals surface area (Å²) in [6, 6.07) is 6.06. The van der Waals surface area contributed by atoms with E-state index in [-0.39, 0.29) is 5.92 Å². The van der Waals surface area contributed by atoms with Gasteiger partial charge in [0, 0.05) is 13.1 Å². The maximum Gasteiger partial charge on any atom is 0.310 e. The minimum absolute atomic E-state index is 0.233. The standard InChI is InChI=1S/C12H12N2O2S/c1-7-3-2-4-9-10(7)17-12(13-9)14-5-8(6-14)11(15)16/h2-4,8H,5-6H2,1H3,(H,15,16). The lowest BCUT2D eigenvalue weighted by molar-refractivity contribution is -0.142. The quantitative estimate of drug-likeness (QED) is 0.884. The number of hydrogen-bond donors (Lipinski definition) is 1. The molecule has 0 atom stereocenters. The summed E-state index contributed by atoms with van der Waals surface area (Å²) in [6.07, 6.45) is 0. The van der Waals surface area contributed by atoms with Gasteiger partial charge in [0.1, 0.15) is 0 Å². The molecule has 1 N–H and O–H groups in total. The van der Waals surface area contributed by atoms with Crippen LogP contribution in [0.2, 0.25) is 0 Å². The summed E-state index contributed by atoms with van der Waals surface area (Å²) in [5.74, 6) is -0.943. The van der Waals surface area contributed by atoms with Crippen LogP contribution < -0.4 is 4.90 Å². The molecule has 1 saturated heterocycles. The number of fused-ring (bicyclic) bond motifs is 1. The van der Waals surface area contributed by atoms with Gasteiger partial charge in [-0.05, 0) is 18.6 Å². The van der Waals surface area contributed by atoms with Crippen LogP contribution in [0.25, 0.3) is 10.2 Å². The number of hydrogen-bond acceptors (Lipinski definition) is 4. The van der Waals surface area contributed by atoms with Gasteiger partial charge in [0.15, 0.2) is 5.13 Å². The second-order valence-electron chi connectivity index (χ2n) is 4.36. The fraction of sp³-hybridized carbons (Fsp3) is 0.333. The topological polar surface area (TPSA) is 53.4 Å². The van der Waals surface area contributed by atoms with E-state index in [1.807, 2.05) is 17.0 Å². The molecular weight excluding hydrogens is 236 g/mol. The van der Waals surface area contributed by atoms with Gasteiger partial charge >= 0.3 is 5.97 Å². The number of aromatic nitrogens is 1. The number of thiazole rings is 1. The van der Waals surface area contributed by atoms with Crippen LogP contribution in [-0.4, -0.2) is 29.1 Å². The number of aryl methyl sites for hydroxylation is 1. The van der Waals surface area contributed by atoms with Crippen molar-refractivity contribution in [3.05, 3.63) is 23.8 Å². The van der Waals surface area contributed by atoms with Crippen LogP contribution >= 0.6 is 11.3 Å². The molecule has 0 bridgehead atoms. The number of carbonyl (C=O) groups is 1. The molecule has 1 fully saturated rings. The molecule has 2 heterocycles. The smallest absolute Gasteiger partial charge is 0.310 e. The molecule has 0 saturated carbocycles. The van der Waals surface area contributed by atoms with E-state index < -0.39 is 5.97 Å². The molecule has 5 heteroatoms. The third-order valence-electron chi connectivity index (χ3n) is 3.10. The Balaban J connectivity index is 1.88. The van der Waals surface area contributed by atoms with Crippen LogP contribution in [-0.2, 0) is 4.79 Å². The first-order chi connectivity index (χ1) is 8.15. The van der Waals surface area contributed by atoms with Crippen molar-refractivity contribution in [2.45, 2.75) is 6.92 Å². The van der Waals surface area contributed by atoms with Gasteiger partial charge in [-0.15, -0.1) is 0 Å². The molecule has 3 rings (SSSR count). The number of nitrogens with zero attached hydrogens (tertiary/aromatic N) is 2. The average Bonchev–Trinajstić information content (AvgIpc) is 2.59. The van der Waals surface area contributed by atoms with Crippen molar-refractivity contribution in [3.63, 3.8) is 0 Å². The van der Waals surface area contributed by atoms with E-state index in [0.717, 1.165) is 10.6 Å². The molecular formula is C12H12N2O2S. The summed E-state index contributed by atoms with van der Waals surface area (Å²) in [5.41, 5.74) is 2.23. The van der Waals surface area contributed by atoms with Gasteiger partial charge in [0.25, 0.3) is 0 Å². The Kier molecular flexibility index (Phi) is 2.29. The number of aliphatic carboxylic acids is 1. The SMILES string of the molecule is Cc1cccc2nc(N3CC(C(=O)O)C3)sc12. The molecule has 0 unspecified atom stereocenters. The Morgan fingerprint density at radius 3 is 2.94 bits per heavy atom. The highest BCUT2D eigenvalue weighted by molar-refractivity contribution is 7.22. The molecule has 88 valence electrons. The van der Waals surface area contributed by atoms with Crippen molar-refractivity contribution in [1.82, 2.24) is 4.98 Å². The Morgan fingerprint density at radius 2 is 2.29 bits per heavy atom. The van der Waals surface area contributed by atoms with Gasteiger partial charge in [0.2, 0.25) is 0 Å². The Bertz CT molecular complexity index is 587. The first-order valence-electron chi connectivity index (χ1n) is 5.49. The van der Waals surface area contributed by atoms with E-state index >= 15 is 0 Å². The molecule has 0 amide bonds. The largest absolute Gasteiger partial charge is 0.481 e. The Hall–Kier alpha value is -1.62. The molecule has 1 aliphatic rings. The predicted molar refractivity (Wildman–Crippen MR) is 67.7 cm³/mol. The molecule has 0 spiro atoms. The molecule has 1 aromatic heterocycles. The van der Waals surface area contributed by atoms with Gasteiger partial charge < -0.3 is 10.0 Å². The number of carboxylic acid groups (broad SMARTS) is 1. The summed E-state index contributed by atoms with van der Waals surface area (Å²) in [6.45, 7) is 3.23. The van der Waals surface area contributed by atoms with E-state index in [0.29, 0.717) is 13.1 Å². The van der Waals surface area contributed by atoms with Crippen LogP contribution in [0.15, 0.2) is 18.2 Å². The summed E-state index contributed by atoms with van der Waals surface area (Å²) in [7, 11) is 0. The predicted octanol–water partition coefficient (Wildman–Crippen LogP) is 2.13. The van der Waals surface area contributed by atoms with Crippen molar-refractivity contribution in [3.8, 4) is 0 Å². The maximum absolute atomic E-state index is 10.7. The lowest BCUT2D eigenvalue weighted by atomic mass is 10.0. The van der Waals surface area contributed by atoms with Gasteiger partial charge in [-0.2, -0.15) is 0 Å². The van der Waals surface area contributed by atoms with Crippen LogP contribution in [0.4, 0.5) is 5.13 Å². The van der Waals surface area contributed by atoms with E-state index in [4.69, 9.17) is 5.11 Å². The van der Waals surface area contributed by atoms with Crippen LogP contribution in [0.3, 0.4) is 0 Å². The van der Waals surface area contributed by atoms with Crippen molar-refractivity contribution < 1.29 is 9.90 Å². The minimum Gasteiger partial charge on any atom is -0.481 e. The Labute approximate surface area is 103 Å². The molecule has 0 radical (unpaired) electrons. The zero-order valence-corrected chi connectivity index (χ0v) is 10.2. The first kappa shape index (κ1) is 10.5. The van der Waals surface area contributed by atoms with Gasteiger partial charge in [-0.3, -0.25) is 4.79 Å². The molecule has 17 heavy (non-hydrogen) atoms. The number of benzene rings is 1. The van der Waals surface area contributed by atoms with Crippen LogP contribution in [0.5, 0.6) is 0 Å². The van der Waals surface area contributed by atoms with Crippen molar-refractivity contribution >= 4 is 32.7 Å². The number of rotatable bonds is 2. The molecule has 1 aromatic carbocycles. The molecule has 2 aromatic rings. The van der Waals surface area contributed by atoms with E-state index in [1.165, 1.54) is 10.3 Å². The number of carboxylic acids is 1. The second-order valence-corrected chi connectivity index (χ2v) is 5.34. The summed E-state index contributed by atoms with van der Waals surface area (Å²) in [5, 5.41) is 9.78. The summed E-state index contributed by atoms with van der Waals surface area (Å²) < 4.78 is 1.20. The average molecular weight is 248 g/mol. The highest BCUT2D eigenvalue weighted by Crippen LogP contribution is 2.34. The first-order valence-corrected chi connectivity index (χ1v) is 6.30. The van der Waals surface area contributed by atoms with Crippen molar-refractivity contribution in [2.75, 3.05) is 18.0 Å². The molecule has 0 aliphatic carbocycles. The fourth-order valence-electron chi connectivity index (χ4n) is 2.00. The van der Waals surface area contributed by atoms with Gasteiger partial charge in [-0.25, -0.2) is 4.98 Å². The second kappa shape index (κ2) is 3.70. The monoisotopic (exact) mass is 248 g/mol. The van der Waals surface area contributed by atoms with Crippen LogP contribution in [0.1, 0.15) is 5.56 Å². The van der Waals surface area contributed by atoms with E-state index in [9.17, 15) is 4.79 Å². The molecule has 1 aliphatic heterocycles. The highest BCUT2D eigenvalue weighted by atomic mass is 32.1. The van der Waals surface area contributed by atoms with Gasteiger partial charge in [-0.1, -0.05) is 23.5 Å². The number of anilines is 1. The molecule has 4 nitrogen and oxygen atoms in total. The Morgan fingerprint density at radius 1 is 1.53 bits per heavy atom. The van der Waals surface area contributed by atoms with Crippen molar-refractivity contribution in [1.29, 1.82) is 0 Å². The summed E-state index contributed by atoms with van der Waals surface area (Å²) >= 11 is 1.64. The third-order valence-corrected chi connectivity index (χ3v) is 4.37. The fourth-order valence-corrected chi connectivity index (χ4v) is 3.05. The van der Waals surface area contributed by atoms with Gasteiger partial charge in [0.05, 0.1) is 16.1 Å². The zero-order chi connectivity index (χ0) is 12.0. The maximum atomic E-state index is 10.7.